The molecule has 1 amide bonds. The molecule has 0 aliphatic heterocycles. The molecular weight excluding hydrogens is 566 g/mol. The number of rotatable bonds is 21. The van der Waals surface area contributed by atoms with E-state index in [1.807, 2.05) is 20.8 Å². The molecule has 0 saturated carbocycles. The fourth-order valence-corrected chi connectivity index (χ4v) is 5.72. The molecule has 2 rings (SSSR count). The summed E-state index contributed by atoms with van der Waals surface area (Å²) < 4.78 is 6.67. The van der Waals surface area contributed by atoms with E-state index >= 15 is 0 Å². The molecule has 2 aromatic rings. The van der Waals surface area contributed by atoms with Crippen molar-refractivity contribution in [1.82, 2.24) is 10.1 Å². The third kappa shape index (κ3) is 12.1. The van der Waals surface area contributed by atoms with Crippen molar-refractivity contribution >= 4 is 23.2 Å². The Morgan fingerprint density at radius 1 is 0.977 bits per heavy atom. The van der Waals surface area contributed by atoms with Crippen LogP contribution in [-0.2, 0) is 11.3 Å². The number of carbonyl (C=O) groups excluding carboxylic acids is 1. The van der Waals surface area contributed by atoms with Gasteiger partial charge in [0, 0.05) is 23.6 Å². The molecule has 1 atom stereocenters. The summed E-state index contributed by atoms with van der Waals surface area (Å²) in [6.45, 7) is 10.6. The van der Waals surface area contributed by atoms with Crippen LogP contribution in [0.4, 0.5) is 5.69 Å². The zero-order valence-electron chi connectivity index (χ0n) is 27.1. The molecule has 1 aromatic carbocycles. The Morgan fingerprint density at radius 2 is 1.53 bits per heavy atom. The molecule has 1 aromatic heterocycles. The Kier molecular flexibility index (Phi) is 16.1. The third-order valence-electron chi connectivity index (χ3n) is 8.08. The van der Waals surface area contributed by atoms with Gasteiger partial charge in [-0.05, 0) is 30.9 Å². The number of amides is 1. The smallest absolute Gasteiger partial charge is 0.297 e. The summed E-state index contributed by atoms with van der Waals surface area (Å²) in [5, 5.41) is 14.8. The van der Waals surface area contributed by atoms with Gasteiger partial charge in [0.25, 0.3) is 17.2 Å². The van der Waals surface area contributed by atoms with Gasteiger partial charge in [-0.3, -0.25) is 19.7 Å². The van der Waals surface area contributed by atoms with Crippen LogP contribution < -0.4 is 10.9 Å². The van der Waals surface area contributed by atoms with Gasteiger partial charge in [-0.25, -0.2) is 0 Å². The molecule has 1 unspecified atom stereocenters. The van der Waals surface area contributed by atoms with Gasteiger partial charge in [-0.15, -0.1) is 16.3 Å². The zero-order valence-corrected chi connectivity index (χ0v) is 27.9. The van der Waals surface area contributed by atoms with Crippen molar-refractivity contribution in [2.24, 2.45) is 5.92 Å². The van der Waals surface area contributed by atoms with Crippen LogP contribution >= 0.6 is 11.6 Å². The number of unbranched alkanes of at least 4 members (excludes halogenated alkanes) is 11. The molecule has 43 heavy (non-hydrogen) atoms. The zero-order chi connectivity index (χ0) is 31.8. The standard InChI is InChI=1S/C34H54ClN3O5/c1-6-7-8-9-10-11-12-13-14-15-16-17-19-26(2)20-18-23-36-32(39)27-21-22-29(30(24-27)38(41)42)37-33(40)28(25-35)31(43-37)34(3,4)5/h21-22,24,26H,6-20,23,25H2,1-5H3,(H,36,39). The van der Waals surface area contributed by atoms with E-state index in [0.717, 1.165) is 17.6 Å². The Hall–Kier alpha value is -2.61. The highest BCUT2D eigenvalue weighted by Crippen LogP contribution is 2.30. The van der Waals surface area contributed by atoms with Crippen molar-refractivity contribution in [3.05, 3.63) is 55.6 Å². The quantitative estimate of drug-likeness (QED) is 0.0647. The van der Waals surface area contributed by atoms with E-state index in [1.54, 1.807) is 0 Å². The molecule has 0 spiro atoms. The summed E-state index contributed by atoms with van der Waals surface area (Å²) in [4.78, 5) is 37.0. The van der Waals surface area contributed by atoms with Gasteiger partial charge in [0.15, 0.2) is 5.69 Å². The number of nitrogens with zero attached hydrogens (tertiary/aromatic N) is 2. The van der Waals surface area contributed by atoms with Crippen LogP contribution in [0.3, 0.4) is 0 Å². The average Bonchev–Trinajstić information content (AvgIpc) is 3.31. The van der Waals surface area contributed by atoms with E-state index in [0.29, 0.717) is 18.2 Å². The number of halogens is 1. The SMILES string of the molecule is CCCCCCCCCCCCCCC(C)CCCNC(=O)c1ccc(-n2oc(C(C)(C)C)c(CCl)c2=O)c([N+](=O)[O-])c1. The first-order valence-electron chi connectivity index (χ1n) is 16.4. The van der Waals surface area contributed by atoms with Crippen LogP contribution in [0.2, 0.25) is 0 Å². The Labute approximate surface area is 263 Å². The summed E-state index contributed by atoms with van der Waals surface area (Å²) in [6, 6.07) is 4.03. The minimum absolute atomic E-state index is 0.0416. The normalized spacial score (nSPS) is 12.4. The lowest BCUT2D eigenvalue weighted by Crippen LogP contribution is -2.25. The lowest BCUT2D eigenvalue weighted by atomic mass is 9.91. The summed E-state index contributed by atoms with van der Waals surface area (Å²) >= 11 is 6.00. The number of hydrogen-bond donors (Lipinski definition) is 1. The molecule has 8 nitrogen and oxygen atoms in total. The minimum Gasteiger partial charge on any atom is -0.375 e. The number of nitro benzene ring substituents is 1. The first kappa shape index (κ1) is 36.6. The van der Waals surface area contributed by atoms with Crippen molar-refractivity contribution < 1.29 is 14.2 Å². The molecule has 242 valence electrons. The lowest BCUT2D eigenvalue weighted by molar-refractivity contribution is -0.384. The molecule has 1 N–H and O–H groups in total. The lowest BCUT2D eigenvalue weighted by Gasteiger charge is -2.15. The van der Waals surface area contributed by atoms with Gasteiger partial charge >= 0.3 is 0 Å². The molecule has 0 bridgehead atoms. The number of aromatic nitrogens is 1. The van der Waals surface area contributed by atoms with Gasteiger partial charge in [-0.2, -0.15) is 0 Å². The Morgan fingerprint density at radius 3 is 2.05 bits per heavy atom. The molecule has 0 aliphatic carbocycles. The predicted octanol–water partition coefficient (Wildman–Crippen LogP) is 9.61. The van der Waals surface area contributed by atoms with E-state index < -0.39 is 15.9 Å². The Bertz CT molecular complexity index is 1200. The molecule has 0 aliphatic rings. The topological polar surface area (TPSA) is 107 Å². The number of alkyl halides is 1. The summed E-state index contributed by atoms with van der Waals surface area (Å²) in [7, 11) is 0. The highest BCUT2D eigenvalue weighted by molar-refractivity contribution is 6.17. The van der Waals surface area contributed by atoms with E-state index in [4.69, 9.17) is 16.1 Å². The van der Waals surface area contributed by atoms with Crippen LogP contribution in [0.1, 0.15) is 153 Å². The summed E-state index contributed by atoms with van der Waals surface area (Å²) in [6.07, 6.45) is 19.3. The van der Waals surface area contributed by atoms with Gasteiger partial charge in [0.2, 0.25) is 0 Å². The highest BCUT2D eigenvalue weighted by Gasteiger charge is 2.30. The highest BCUT2D eigenvalue weighted by atomic mass is 35.5. The van der Waals surface area contributed by atoms with E-state index in [2.05, 4.69) is 19.2 Å². The third-order valence-corrected chi connectivity index (χ3v) is 8.34. The van der Waals surface area contributed by atoms with Crippen molar-refractivity contribution in [1.29, 1.82) is 0 Å². The molecule has 9 heteroatoms. The van der Waals surface area contributed by atoms with Crippen molar-refractivity contribution in [3.8, 4) is 5.69 Å². The second kappa shape index (κ2) is 18.9. The maximum atomic E-state index is 13.0. The fourth-order valence-electron chi connectivity index (χ4n) is 5.49. The minimum atomic E-state index is -0.616. The molecule has 0 saturated heterocycles. The van der Waals surface area contributed by atoms with E-state index in [9.17, 15) is 19.7 Å². The summed E-state index contributed by atoms with van der Waals surface area (Å²) in [5.74, 6) is 0.514. The van der Waals surface area contributed by atoms with Gasteiger partial charge in [0.05, 0.1) is 16.4 Å². The Balaban J connectivity index is 1.76. The molecule has 0 radical (unpaired) electrons. The van der Waals surface area contributed by atoms with Gasteiger partial charge in [0.1, 0.15) is 5.76 Å². The number of carbonyl (C=O) groups is 1. The number of nitrogens with one attached hydrogen (secondary N) is 1. The average molecular weight is 620 g/mol. The number of nitro groups is 1. The van der Waals surface area contributed by atoms with Crippen molar-refractivity contribution in [2.45, 2.75) is 142 Å². The van der Waals surface area contributed by atoms with Crippen molar-refractivity contribution in [2.75, 3.05) is 6.54 Å². The van der Waals surface area contributed by atoms with Crippen LogP contribution in [-0.4, -0.2) is 22.1 Å². The van der Waals surface area contributed by atoms with Crippen LogP contribution in [0.25, 0.3) is 5.69 Å². The van der Waals surface area contributed by atoms with Crippen LogP contribution in [0, 0.1) is 16.0 Å². The maximum Gasteiger partial charge on any atom is 0.297 e. The van der Waals surface area contributed by atoms with Gasteiger partial charge in [-0.1, -0.05) is 118 Å². The second-order valence-electron chi connectivity index (χ2n) is 13.0. The summed E-state index contributed by atoms with van der Waals surface area (Å²) in [5.41, 5.74) is -1.07. The second-order valence-corrected chi connectivity index (χ2v) is 13.3. The molecular formula is C34H54ClN3O5. The largest absolute Gasteiger partial charge is 0.375 e. The van der Waals surface area contributed by atoms with Crippen LogP contribution in [0.15, 0.2) is 27.5 Å². The van der Waals surface area contributed by atoms with E-state index in [1.165, 1.54) is 102 Å². The van der Waals surface area contributed by atoms with E-state index in [-0.39, 0.29) is 34.3 Å². The first-order valence-corrected chi connectivity index (χ1v) is 16.9. The monoisotopic (exact) mass is 619 g/mol. The number of hydrogen-bond acceptors (Lipinski definition) is 5. The maximum absolute atomic E-state index is 13.0. The molecule has 0 fully saturated rings. The fraction of sp³-hybridized carbons (Fsp3) is 0.706. The van der Waals surface area contributed by atoms with Gasteiger partial charge < -0.3 is 9.84 Å². The first-order chi connectivity index (χ1) is 20.5. The molecule has 1 heterocycles. The number of benzene rings is 1. The van der Waals surface area contributed by atoms with Crippen LogP contribution in [0.5, 0.6) is 0 Å². The predicted molar refractivity (Wildman–Crippen MR) is 176 cm³/mol. The van der Waals surface area contributed by atoms with Crippen molar-refractivity contribution in [3.63, 3.8) is 0 Å².